The van der Waals surface area contributed by atoms with Crippen LogP contribution >= 0.6 is 0 Å². The molecular formula is C22H23N3O2. The predicted molar refractivity (Wildman–Crippen MR) is 107 cm³/mol. The molecule has 0 spiro atoms. The van der Waals surface area contributed by atoms with E-state index in [9.17, 15) is 9.90 Å². The van der Waals surface area contributed by atoms with Crippen molar-refractivity contribution in [2.75, 3.05) is 0 Å². The number of aromatic nitrogens is 2. The SMILES string of the molecule is CCCCn1c(O)c2n(c1=O)Cc1ccccc1N=C2c1ccc(C)cc1. The molecular weight excluding hydrogens is 338 g/mol. The van der Waals surface area contributed by atoms with Crippen molar-refractivity contribution in [2.24, 2.45) is 4.99 Å². The summed E-state index contributed by atoms with van der Waals surface area (Å²) < 4.78 is 3.12. The Morgan fingerprint density at radius 1 is 1.11 bits per heavy atom. The van der Waals surface area contributed by atoms with E-state index in [0.29, 0.717) is 24.5 Å². The Labute approximate surface area is 158 Å². The fourth-order valence-electron chi connectivity index (χ4n) is 3.49. The second-order valence-corrected chi connectivity index (χ2v) is 7.00. The van der Waals surface area contributed by atoms with Gasteiger partial charge in [0.2, 0.25) is 5.88 Å². The molecule has 0 unspecified atom stereocenters. The molecule has 1 N–H and O–H groups in total. The van der Waals surface area contributed by atoms with E-state index in [1.165, 1.54) is 4.57 Å². The van der Waals surface area contributed by atoms with Gasteiger partial charge in [-0.15, -0.1) is 0 Å². The monoisotopic (exact) mass is 361 g/mol. The average Bonchev–Trinajstić information content (AvgIpc) is 2.82. The maximum Gasteiger partial charge on any atom is 0.331 e. The second kappa shape index (κ2) is 6.91. The zero-order valence-electron chi connectivity index (χ0n) is 15.6. The first kappa shape index (κ1) is 17.3. The van der Waals surface area contributed by atoms with Gasteiger partial charge in [0.1, 0.15) is 11.4 Å². The highest BCUT2D eigenvalue weighted by atomic mass is 16.3. The molecule has 1 aliphatic rings. The summed E-state index contributed by atoms with van der Waals surface area (Å²) in [6.45, 7) is 5.00. The molecule has 1 aromatic heterocycles. The van der Waals surface area contributed by atoms with E-state index >= 15 is 0 Å². The zero-order valence-corrected chi connectivity index (χ0v) is 15.6. The fourth-order valence-corrected chi connectivity index (χ4v) is 3.49. The molecule has 0 bridgehead atoms. The number of para-hydroxylation sites is 1. The molecule has 4 rings (SSSR count). The van der Waals surface area contributed by atoms with E-state index in [0.717, 1.165) is 35.2 Å². The van der Waals surface area contributed by atoms with Crippen molar-refractivity contribution < 1.29 is 5.11 Å². The quantitative estimate of drug-likeness (QED) is 0.597. The number of aryl methyl sites for hydroxylation is 1. The maximum atomic E-state index is 13.0. The minimum Gasteiger partial charge on any atom is -0.493 e. The first-order valence-electron chi connectivity index (χ1n) is 9.36. The molecule has 2 heterocycles. The molecule has 5 heteroatoms. The molecule has 0 radical (unpaired) electrons. The lowest BCUT2D eigenvalue weighted by molar-refractivity contribution is 0.408. The lowest BCUT2D eigenvalue weighted by Gasteiger charge is -2.08. The minimum atomic E-state index is -0.188. The maximum absolute atomic E-state index is 13.0. The number of aromatic hydroxyl groups is 1. The average molecular weight is 361 g/mol. The zero-order chi connectivity index (χ0) is 19.0. The molecule has 0 aliphatic carbocycles. The molecule has 3 aromatic rings. The predicted octanol–water partition coefficient (Wildman–Crippen LogP) is 3.99. The third kappa shape index (κ3) is 2.99. The number of rotatable bonds is 4. The molecule has 1 aliphatic heterocycles. The lowest BCUT2D eigenvalue weighted by Crippen LogP contribution is -2.26. The fraction of sp³-hybridized carbons (Fsp3) is 0.273. The number of hydrogen-bond donors (Lipinski definition) is 1. The van der Waals surface area contributed by atoms with Crippen molar-refractivity contribution in [1.29, 1.82) is 0 Å². The highest BCUT2D eigenvalue weighted by Crippen LogP contribution is 2.30. The molecule has 2 aromatic carbocycles. The first-order chi connectivity index (χ1) is 13.1. The Morgan fingerprint density at radius 2 is 1.85 bits per heavy atom. The molecule has 5 nitrogen and oxygen atoms in total. The van der Waals surface area contributed by atoms with Gasteiger partial charge < -0.3 is 5.11 Å². The van der Waals surface area contributed by atoms with Crippen LogP contribution in [-0.2, 0) is 13.1 Å². The molecule has 0 saturated heterocycles. The number of fused-ring (bicyclic) bond motifs is 2. The van der Waals surface area contributed by atoms with E-state index in [4.69, 9.17) is 4.99 Å². The summed E-state index contributed by atoms with van der Waals surface area (Å²) in [6, 6.07) is 15.8. The van der Waals surface area contributed by atoms with Crippen LogP contribution in [-0.4, -0.2) is 20.0 Å². The van der Waals surface area contributed by atoms with Crippen molar-refractivity contribution in [3.63, 3.8) is 0 Å². The summed E-state index contributed by atoms with van der Waals surface area (Å²) >= 11 is 0. The van der Waals surface area contributed by atoms with E-state index < -0.39 is 0 Å². The van der Waals surface area contributed by atoms with Crippen molar-refractivity contribution in [3.05, 3.63) is 81.4 Å². The van der Waals surface area contributed by atoms with Gasteiger partial charge in [-0.2, -0.15) is 0 Å². The Kier molecular flexibility index (Phi) is 4.44. The van der Waals surface area contributed by atoms with Crippen LogP contribution in [0.2, 0.25) is 0 Å². The van der Waals surface area contributed by atoms with Crippen LogP contribution in [0.3, 0.4) is 0 Å². The largest absolute Gasteiger partial charge is 0.493 e. The molecule has 0 saturated carbocycles. The Morgan fingerprint density at radius 3 is 2.59 bits per heavy atom. The second-order valence-electron chi connectivity index (χ2n) is 7.00. The van der Waals surface area contributed by atoms with Crippen molar-refractivity contribution in [1.82, 2.24) is 9.13 Å². The summed E-state index contributed by atoms with van der Waals surface area (Å²) in [4.78, 5) is 17.9. The molecule has 138 valence electrons. The van der Waals surface area contributed by atoms with Crippen LogP contribution in [0.4, 0.5) is 5.69 Å². The molecule has 0 amide bonds. The van der Waals surface area contributed by atoms with E-state index in [2.05, 4.69) is 6.92 Å². The third-order valence-electron chi connectivity index (χ3n) is 5.04. The normalized spacial score (nSPS) is 12.9. The number of aliphatic imine (C=N–C) groups is 1. The van der Waals surface area contributed by atoms with Crippen molar-refractivity contribution in [2.45, 2.75) is 39.8 Å². The first-order valence-corrected chi connectivity index (χ1v) is 9.36. The van der Waals surface area contributed by atoms with Gasteiger partial charge in [-0.25, -0.2) is 9.79 Å². The summed E-state index contributed by atoms with van der Waals surface area (Å²) in [6.07, 6.45) is 1.79. The third-order valence-corrected chi connectivity index (χ3v) is 5.04. The Bertz CT molecular complexity index is 1070. The van der Waals surface area contributed by atoms with Gasteiger partial charge in [-0.05, 0) is 25.0 Å². The van der Waals surface area contributed by atoms with Crippen LogP contribution in [0.25, 0.3) is 0 Å². The van der Waals surface area contributed by atoms with Crippen molar-refractivity contribution in [3.8, 4) is 5.88 Å². The highest BCUT2D eigenvalue weighted by Gasteiger charge is 2.27. The van der Waals surface area contributed by atoms with Crippen LogP contribution < -0.4 is 5.69 Å². The molecule has 27 heavy (non-hydrogen) atoms. The minimum absolute atomic E-state index is 0.000538. The van der Waals surface area contributed by atoms with Gasteiger partial charge in [0, 0.05) is 12.1 Å². The number of unbranched alkanes of at least 4 members (excludes halogenated alkanes) is 1. The standard InChI is InChI=1S/C22H23N3O2/c1-3-4-13-24-21(26)20-19(16-11-9-15(2)10-12-16)23-18-8-6-5-7-17(18)14-25(20)22(24)27/h5-12,26H,3-4,13-14H2,1-2H3. The molecule has 0 atom stereocenters. The van der Waals surface area contributed by atoms with Crippen molar-refractivity contribution >= 4 is 11.4 Å². The van der Waals surface area contributed by atoms with Gasteiger partial charge >= 0.3 is 5.69 Å². The van der Waals surface area contributed by atoms with E-state index in [1.54, 1.807) is 4.57 Å². The van der Waals surface area contributed by atoms with Crippen LogP contribution in [0, 0.1) is 6.92 Å². The van der Waals surface area contributed by atoms with Crippen LogP contribution in [0.5, 0.6) is 5.88 Å². The number of hydrogen-bond acceptors (Lipinski definition) is 3. The number of benzene rings is 2. The summed E-state index contributed by atoms with van der Waals surface area (Å²) in [5.41, 5.74) is 4.77. The number of imidazole rings is 1. The number of nitrogens with zero attached hydrogens (tertiary/aromatic N) is 3. The van der Waals surface area contributed by atoms with E-state index in [1.807, 2.05) is 55.5 Å². The smallest absolute Gasteiger partial charge is 0.331 e. The lowest BCUT2D eigenvalue weighted by atomic mass is 10.1. The summed E-state index contributed by atoms with van der Waals surface area (Å²) in [5, 5.41) is 10.9. The Balaban J connectivity index is 1.98. The van der Waals surface area contributed by atoms with Gasteiger partial charge in [0.15, 0.2) is 0 Å². The van der Waals surface area contributed by atoms with Crippen LogP contribution in [0.1, 0.15) is 42.1 Å². The molecule has 0 fully saturated rings. The Hall–Kier alpha value is -3.08. The van der Waals surface area contributed by atoms with Gasteiger partial charge in [-0.1, -0.05) is 61.4 Å². The van der Waals surface area contributed by atoms with E-state index in [-0.39, 0.29) is 11.6 Å². The highest BCUT2D eigenvalue weighted by molar-refractivity contribution is 6.14. The summed E-state index contributed by atoms with van der Waals surface area (Å²) in [7, 11) is 0. The van der Waals surface area contributed by atoms with Gasteiger partial charge in [0.05, 0.1) is 12.2 Å². The van der Waals surface area contributed by atoms with Gasteiger partial charge in [-0.3, -0.25) is 9.13 Å². The van der Waals surface area contributed by atoms with Crippen LogP contribution in [0.15, 0.2) is 58.3 Å². The summed E-state index contributed by atoms with van der Waals surface area (Å²) in [5.74, 6) is 0.000538. The van der Waals surface area contributed by atoms with Gasteiger partial charge in [0.25, 0.3) is 0 Å². The topological polar surface area (TPSA) is 59.5 Å².